The van der Waals surface area contributed by atoms with Gasteiger partial charge >= 0.3 is 6.18 Å². The van der Waals surface area contributed by atoms with E-state index in [1.54, 1.807) is 0 Å². The van der Waals surface area contributed by atoms with Gasteiger partial charge in [0.25, 0.3) is 0 Å². The standard InChI is InChI=1S/C14H9ClF5NOS/c1-7-11(16)4-5-12(13(7)17)21-23(22)8-2-3-10(15)9(6-8)14(18,19)20/h2-6,21H,1H3. The number of benzene rings is 2. The largest absolute Gasteiger partial charge is 0.417 e. The van der Waals surface area contributed by atoms with Gasteiger partial charge in [0, 0.05) is 5.56 Å². The zero-order chi connectivity index (χ0) is 17.4. The van der Waals surface area contributed by atoms with Gasteiger partial charge in [0.1, 0.15) is 16.8 Å². The summed E-state index contributed by atoms with van der Waals surface area (Å²) in [6.45, 7) is 1.18. The highest BCUT2D eigenvalue weighted by molar-refractivity contribution is 7.86. The predicted octanol–water partition coefficient (Wildman–Crippen LogP) is 5.08. The van der Waals surface area contributed by atoms with E-state index in [1.165, 1.54) is 6.92 Å². The number of anilines is 1. The highest BCUT2D eigenvalue weighted by Crippen LogP contribution is 2.35. The molecule has 0 spiro atoms. The van der Waals surface area contributed by atoms with Crippen molar-refractivity contribution in [1.29, 1.82) is 0 Å². The average Bonchev–Trinajstić information content (AvgIpc) is 2.47. The number of hydrogen-bond acceptors (Lipinski definition) is 1. The van der Waals surface area contributed by atoms with Crippen molar-refractivity contribution in [1.82, 2.24) is 0 Å². The fourth-order valence-electron chi connectivity index (χ4n) is 1.74. The van der Waals surface area contributed by atoms with E-state index < -0.39 is 39.4 Å². The van der Waals surface area contributed by atoms with Crippen LogP contribution in [-0.2, 0) is 17.2 Å². The Morgan fingerprint density at radius 1 is 1.13 bits per heavy atom. The molecule has 0 aliphatic carbocycles. The first-order chi connectivity index (χ1) is 10.6. The molecule has 0 aromatic heterocycles. The molecule has 0 saturated carbocycles. The summed E-state index contributed by atoms with van der Waals surface area (Å²) in [6.07, 6.45) is -4.71. The first-order valence-corrected chi connectivity index (χ1v) is 7.64. The third-order valence-electron chi connectivity index (χ3n) is 2.98. The van der Waals surface area contributed by atoms with Crippen molar-refractivity contribution in [2.24, 2.45) is 0 Å². The van der Waals surface area contributed by atoms with Crippen LogP contribution in [-0.4, -0.2) is 4.21 Å². The molecule has 23 heavy (non-hydrogen) atoms. The minimum absolute atomic E-state index is 0.247. The average molecular weight is 370 g/mol. The number of halogens is 6. The van der Waals surface area contributed by atoms with Crippen LogP contribution in [0.3, 0.4) is 0 Å². The van der Waals surface area contributed by atoms with Crippen molar-refractivity contribution in [2.45, 2.75) is 18.0 Å². The number of nitrogens with one attached hydrogen (secondary N) is 1. The third-order valence-corrected chi connectivity index (χ3v) is 4.40. The molecule has 0 radical (unpaired) electrons. The molecule has 2 rings (SSSR count). The van der Waals surface area contributed by atoms with Crippen LogP contribution >= 0.6 is 11.6 Å². The van der Waals surface area contributed by atoms with E-state index in [4.69, 9.17) is 11.6 Å². The maximum Gasteiger partial charge on any atom is 0.417 e. The van der Waals surface area contributed by atoms with Crippen LogP contribution in [0.1, 0.15) is 11.1 Å². The number of alkyl halides is 3. The summed E-state index contributed by atoms with van der Waals surface area (Å²) >= 11 is 5.47. The molecule has 0 fully saturated rings. The summed E-state index contributed by atoms with van der Waals surface area (Å²) in [5.74, 6) is -1.76. The summed E-state index contributed by atoms with van der Waals surface area (Å²) in [5.41, 5.74) is -1.73. The molecule has 0 saturated heterocycles. The summed E-state index contributed by atoms with van der Waals surface area (Å²) in [5, 5.41) is -0.540. The van der Waals surface area contributed by atoms with Crippen LogP contribution < -0.4 is 4.72 Å². The zero-order valence-electron chi connectivity index (χ0n) is 11.5. The van der Waals surface area contributed by atoms with Crippen LogP contribution in [0, 0.1) is 18.6 Å². The Kier molecular flexibility index (Phi) is 4.95. The molecule has 1 N–H and O–H groups in total. The Morgan fingerprint density at radius 2 is 1.78 bits per heavy atom. The lowest BCUT2D eigenvalue weighted by atomic mass is 10.2. The molecular weight excluding hydrogens is 361 g/mol. The Balaban J connectivity index is 2.34. The molecule has 9 heteroatoms. The molecule has 1 unspecified atom stereocenters. The van der Waals surface area contributed by atoms with Gasteiger partial charge in [-0.05, 0) is 37.3 Å². The molecule has 2 aromatic rings. The zero-order valence-corrected chi connectivity index (χ0v) is 13.0. The third kappa shape index (κ3) is 3.81. The molecular formula is C14H9ClF5NOS. The monoisotopic (exact) mass is 369 g/mol. The van der Waals surface area contributed by atoms with Gasteiger partial charge in [-0.3, -0.25) is 4.72 Å². The Labute approximate surface area is 135 Å². The smallest absolute Gasteiger partial charge is 0.298 e. The van der Waals surface area contributed by atoms with Gasteiger partial charge in [0.2, 0.25) is 0 Å². The summed E-state index contributed by atoms with van der Waals surface area (Å²) in [4.78, 5) is -0.247. The number of rotatable bonds is 3. The van der Waals surface area contributed by atoms with Crippen LogP contribution in [0.15, 0.2) is 35.2 Å². The lowest BCUT2D eigenvalue weighted by molar-refractivity contribution is -0.137. The van der Waals surface area contributed by atoms with E-state index in [1.807, 2.05) is 0 Å². The molecule has 0 aliphatic rings. The highest BCUT2D eigenvalue weighted by Gasteiger charge is 2.33. The van der Waals surface area contributed by atoms with Crippen molar-refractivity contribution in [2.75, 3.05) is 4.72 Å². The van der Waals surface area contributed by atoms with Crippen LogP contribution in [0.2, 0.25) is 5.02 Å². The topological polar surface area (TPSA) is 29.1 Å². The molecule has 0 bridgehead atoms. The summed E-state index contributed by atoms with van der Waals surface area (Å²) in [6, 6.07) is 4.65. The van der Waals surface area contributed by atoms with E-state index in [0.29, 0.717) is 6.07 Å². The molecule has 0 amide bonds. The van der Waals surface area contributed by atoms with Crippen LogP contribution in [0.4, 0.5) is 27.6 Å². The fraction of sp³-hybridized carbons (Fsp3) is 0.143. The van der Waals surface area contributed by atoms with E-state index in [-0.39, 0.29) is 16.1 Å². The molecule has 124 valence electrons. The van der Waals surface area contributed by atoms with Crippen LogP contribution in [0.5, 0.6) is 0 Å². The van der Waals surface area contributed by atoms with E-state index in [0.717, 1.165) is 24.3 Å². The predicted molar refractivity (Wildman–Crippen MR) is 77.6 cm³/mol. The minimum Gasteiger partial charge on any atom is -0.298 e. The number of hydrogen-bond donors (Lipinski definition) is 1. The minimum atomic E-state index is -4.71. The molecule has 2 aromatic carbocycles. The lowest BCUT2D eigenvalue weighted by Crippen LogP contribution is -2.11. The maximum atomic E-state index is 13.8. The van der Waals surface area contributed by atoms with E-state index in [2.05, 4.69) is 4.72 Å². The van der Waals surface area contributed by atoms with E-state index >= 15 is 0 Å². The van der Waals surface area contributed by atoms with Gasteiger partial charge < -0.3 is 0 Å². The van der Waals surface area contributed by atoms with Gasteiger partial charge in [-0.2, -0.15) is 13.2 Å². The van der Waals surface area contributed by atoms with Gasteiger partial charge in [-0.15, -0.1) is 0 Å². The second kappa shape index (κ2) is 6.45. The SMILES string of the molecule is Cc1c(F)ccc(NS(=O)c2ccc(Cl)c(C(F)(F)F)c2)c1F. The van der Waals surface area contributed by atoms with Gasteiger partial charge in [0.15, 0.2) is 5.82 Å². The second-order valence-electron chi connectivity index (χ2n) is 4.54. The second-order valence-corrected chi connectivity index (χ2v) is 6.16. The quantitative estimate of drug-likeness (QED) is 0.751. The van der Waals surface area contributed by atoms with Crippen molar-refractivity contribution in [3.63, 3.8) is 0 Å². The molecule has 1 atom stereocenters. The molecule has 0 heterocycles. The van der Waals surface area contributed by atoms with Crippen molar-refractivity contribution in [3.8, 4) is 0 Å². The van der Waals surface area contributed by atoms with Gasteiger partial charge in [-0.25, -0.2) is 13.0 Å². The van der Waals surface area contributed by atoms with Crippen molar-refractivity contribution < 1.29 is 26.2 Å². The Morgan fingerprint density at radius 3 is 2.39 bits per heavy atom. The van der Waals surface area contributed by atoms with Crippen molar-refractivity contribution in [3.05, 3.63) is 58.1 Å². The first kappa shape index (κ1) is 17.7. The van der Waals surface area contributed by atoms with Gasteiger partial charge in [0.05, 0.1) is 21.2 Å². The Bertz CT molecular complexity index is 778. The highest BCUT2D eigenvalue weighted by atomic mass is 35.5. The fourth-order valence-corrected chi connectivity index (χ4v) is 2.85. The molecule has 0 aliphatic heterocycles. The van der Waals surface area contributed by atoms with E-state index in [9.17, 15) is 26.2 Å². The summed E-state index contributed by atoms with van der Waals surface area (Å²) in [7, 11) is -2.18. The Hall–Kier alpha value is -1.67. The normalized spacial score (nSPS) is 13.0. The summed E-state index contributed by atoms with van der Waals surface area (Å²) < 4.78 is 79.6. The van der Waals surface area contributed by atoms with Crippen LogP contribution in [0.25, 0.3) is 0 Å². The first-order valence-electron chi connectivity index (χ1n) is 6.11. The van der Waals surface area contributed by atoms with Crippen molar-refractivity contribution >= 4 is 28.3 Å². The molecule has 2 nitrogen and oxygen atoms in total. The van der Waals surface area contributed by atoms with Gasteiger partial charge in [-0.1, -0.05) is 11.6 Å². The maximum absolute atomic E-state index is 13.8. The lowest BCUT2D eigenvalue weighted by Gasteiger charge is -2.12.